The molecular formula is C30H32F9N7O2. The molecule has 0 bridgehead atoms. The summed E-state index contributed by atoms with van der Waals surface area (Å²) in [7, 11) is 0. The summed E-state index contributed by atoms with van der Waals surface area (Å²) in [5, 5.41) is 12.2. The highest BCUT2D eigenvalue weighted by Crippen LogP contribution is 2.60. The quantitative estimate of drug-likeness (QED) is 0.246. The molecule has 1 fully saturated rings. The molecule has 262 valence electrons. The SMILES string of the molecule is CC(C)OC(=O)N1c2ccc(C(F)(F)F)cc2[C@@H](N(Cc2cc(C(F)(F)F)cc(C(F)(F)F)c2)c2nnn(CCCN)n2)C[C@]12C[C@H]2C. The number of nitrogens with two attached hydrogens (primary N) is 1. The van der Waals surface area contributed by atoms with Crippen molar-refractivity contribution in [3.05, 3.63) is 64.2 Å². The predicted octanol–water partition coefficient (Wildman–Crippen LogP) is 7.36. The van der Waals surface area contributed by atoms with Crippen molar-refractivity contribution >= 4 is 17.7 Å². The third-order valence-electron chi connectivity index (χ3n) is 8.52. The van der Waals surface area contributed by atoms with Crippen molar-refractivity contribution in [2.75, 3.05) is 16.3 Å². The van der Waals surface area contributed by atoms with Crippen LogP contribution in [0.1, 0.15) is 73.9 Å². The van der Waals surface area contributed by atoms with Gasteiger partial charge >= 0.3 is 24.6 Å². The second-order valence-electron chi connectivity index (χ2n) is 12.3. The van der Waals surface area contributed by atoms with E-state index in [1.807, 2.05) is 6.92 Å². The number of hydrogen-bond acceptors (Lipinski definition) is 7. The van der Waals surface area contributed by atoms with Gasteiger partial charge in [-0.3, -0.25) is 4.90 Å². The van der Waals surface area contributed by atoms with Gasteiger partial charge in [-0.15, -0.1) is 5.10 Å². The van der Waals surface area contributed by atoms with Gasteiger partial charge in [-0.05, 0) is 98.3 Å². The van der Waals surface area contributed by atoms with Crippen molar-refractivity contribution in [1.29, 1.82) is 0 Å². The number of hydrogen-bond donors (Lipinski definition) is 1. The number of alkyl halides is 9. The highest BCUT2D eigenvalue weighted by molar-refractivity contribution is 5.93. The summed E-state index contributed by atoms with van der Waals surface area (Å²) in [6, 6.07) is 2.64. The standard InChI is InChI=1S/C30H32F9N7O2/c1-16(2)48-26(47)46-23-6-5-19(28(31,32)33)12-22(23)24(14-27(46)13-17(27)3)44(25-41-43-45(42-25)8-4-7-40)15-18-9-20(29(34,35)36)11-21(10-18)30(37,38)39/h5-6,9-12,16-17,24H,4,7-8,13-15,40H2,1-3H3/t17-,24+,27+/m1/s1. The van der Waals surface area contributed by atoms with Gasteiger partial charge in [0.05, 0.1) is 46.6 Å². The average Bonchev–Trinajstić information content (AvgIpc) is 3.36. The molecule has 2 aromatic carbocycles. The van der Waals surface area contributed by atoms with E-state index in [2.05, 4.69) is 15.4 Å². The van der Waals surface area contributed by atoms with E-state index >= 15 is 0 Å². The number of fused-ring (bicyclic) bond motifs is 1. The van der Waals surface area contributed by atoms with Crippen molar-refractivity contribution in [2.45, 2.75) is 89.3 Å². The zero-order valence-electron chi connectivity index (χ0n) is 25.9. The molecule has 0 unspecified atom stereocenters. The Kier molecular flexibility index (Phi) is 9.11. The van der Waals surface area contributed by atoms with Crippen LogP contribution in [0, 0.1) is 5.92 Å². The van der Waals surface area contributed by atoms with Crippen LogP contribution in [0.25, 0.3) is 0 Å². The van der Waals surface area contributed by atoms with Gasteiger partial charge in [-0.1, -0.05) is 12.0 Å². The number of anilines is 2. The first kappa shape index (κ1) is 35.2. The molecule has 2 heterocycles. The lowest BCUT2D eigenvalue weighted by Crippen LogP contribution is -2.51. The first-order valence-corrected chi connectivity index (χ1v) is 15.0. The first-order valence-electron chi connectivity index (χ1n) is 15.0. The van der Waals surface area contributed by atoms with E-state index in [1.165, 1.54) is 9.80 Å². The molecule has 5 rings (SSSR count). The molecule has 1 saturated carbocycles. The third kappa shape index (κ3) is 7.03. The van der Waals surface area contributed by atoms with Crippen LogP contribution in [-0.2, 0) is 36.4 Å². The normalized spacial score (nSPS) is 21.1. The zero-order valence-corrected chi connectivity index (χ0v) is 25.9. The number of aromatic nitrogens is 4. The molecule has 0 radical (unpaired) electrons. The summed E-state index contributed by atoms with van der Waals surface area (Å²) in [6.07, 6.45) is -15.8. The fourth-order valence-electron chi connectivity index (χ4n) is 6.16. The summed E-state index contributed by atoms with van der Waals surface area (Å²) in [5.74, 6) is -0.455. The van der Waals surface area contributed by atoms with Crippen LogP contribution in [0.2, 0.25) is 0 Å². The minimum absolute atomic E-state index is 0.0141. The number of amides is 1. The number of tetrazole rings is 1. The van der Waals surface area contributed by atoms with Gasteiger partial charge in [0.2, 0.25) is 0 Å². The number of ether oxygens (including phenoxy) is 1. The van der Waals surface area contributed by atoms with Gasteiger partial charge in [0, 0.05) is 6.54 Å². The fourth-order valence-corrected chi connectivity index (χ4v) is 6.16. The van der Waals surface area contributed by atoms with Gasteiger partial charge < -0.3 is 15.4 Å². The maximum Gasteiger partial charge on any atom is 0.416 e. The summed E-state index contributed by atoms with van der Waals surface area (Å²) < 4.78 is 130. The van der Waals surface area contributed by atoms with E-state index in [-0.39, 0.29) is 48.7 Å². The lowest BCUT2D eigenvalue weighted by atomic mass is 9.86. The van der Waals surface area contributed by atoms with Crippen LogP contribution in [0.3, 0.4) is 0 Å². The van der Waals surface area contributed by atoms with E-state index in [9.17, 15) is 44.3 Å². The topological polar surface area (TPSA) is 102 Å². The Morgan fingerprint density at radius 1 is 0.979 bits per heavy atom. The Morgan fingerprint density at radius 3 is 2.10 bits per heavy atom. The van der Waals surface area contributed by atoms with Gasteiger partial charge in [-0.2, -0.15) is 44.3 Å². The largest absolute Gasteiger partial charge is 0.446 e. The maximum atomic E-state index is 14.1. The van der Waals surface area contributed by atoms with E-state index in [0.29, 0.717) is 25.0 Å². The summed E-state index contributed by atoms with van der Waals surface area (Å²) in [5.41, 5.74) is -0.124. The lowest BCUT2D eigenvalue weighted by Gasteiger charge is -2.45. The lowest BCUT2D eigenvalue weighted by molar-refractivity contribution is -0.143. The number of benzene rings is 2. The van der Waals surface area contributed by atoms with Crippen molar-refractivity contribution < 1.29 is 49.0 Å². The molecule has 1 aliphatic heterocycles. The van der Waals surface area contributed by atoms with Crippen LogP contribution in [0.4, 0.5) is 55.9 Å². The smallest absolute Gasteiger partial charge is 0.416 e. The molecule has 18 heteroatoms. The maximum absolute atomic E-state index is 14.1. The Balaban J connectivity index is 1.72. The first-order chi connectivity index (χ1) is 22.2. The van der Waals surface area contributed by atoms with E-state index in [1.54, 1.807) is 13.8 Å². The molecule has 1 aromatic heterocycles. The summed E-state index contributed by atoms with van der Waals surface area (Å²) in [4.78, 5) is 17.1. The Hall–Kier alpha value is -4.09. The summed E-state index contributed by atoms with van der Waals surface area (Å²) in [6.45, 7) is 4.74. The number of rotatable bonds is 8. The third-order valence-corrected chi connectivity index (χ3v) is 8.52. The van der Waals surface area contributed by atoms with E-state index < -0.39 is 71.1 Å². The molecule has 1 amide bonds. The van der Waals surface area contributed by atoms with Crippen molar-refractivity contribution in [1.82, 2.24) is 20.2 Å². The molecular weight excluding hydrogens is 661 g/mol. The second-order valence-corrected chi connectivity index (χ2v) is 12.3. The highest BCUT2D eigenvalue weighted by atomic mass is 19.4. The van der Waals surface area contributed by atoms with Gasteiger partial charge in [0.15, 0.2) is 0 Å². The van der Waals surface area contributed by atoms with Crippen LogP contribution >= 0.6 is 0 Å². The highest BCUT2D eigenvalue weighted by Gasteiger charge is 2.62. The number of carbonyl (C=O) groups excluding carboxylic acids is 1. The predicted molar refractivity (Wildman–Crippen MR) is 154 cm³/mol. The number of halogens is 9. The average molecular weight is 694 g/mol. The van der Waals surface area contributed by atoms with Crippen molar-refractivity contribution in [3.8, 4) is 0 Å². The van der Waals surface area contributed by atoms with Crippen LogP contribution in [0.5, 0.6) is 0 Å². The van der Waals surface area contributed by atoms with Gasteiger partial charge in [0.25, 0.3) is 5.95 Å². The molecule has 48 heavy (non-hydrogen) atoms. The van der Waals surface area contributed by atoms with E-state index in [0.717, 1.165) is 23.0 Å². The van der Waals surface area contributed by atoms with E-state index in [4.69, 9.17) is 10.5 Å². The monoisotopic (exact) mass is 693 g/mol. The van der Waals surface area contributed by atoms with Crippen LogP contribution in [-0.4, -0.2) is 44.5 Å². The molecule has 2 N–H and O–H groups in total. The Morgan fingerprint density at radius 2 is 1.58 bits per heavy atom. The Labute approximate surface area is 268 Å². The molecule has 9 nitrogen and oxygen atoms in total. The van der Waals surface area contributed by atoms with Crippen LogP contribution < -0.4 is 15.5 Å². The number of aryl methyl sites for hydroxylation is 1. The molecule has 2 aliphatic rings. The van der Waals surface area contributed by atoms with Crippen LogP contribution in [0.15, 0.2) is 36.4 Å². The molecule has 3 atom stereocenters. The number of carbonyl (C=O) groups is 1. The van der Waals surface area contributed by atoms with Crippen molar-refractivity contribution in [3.63, 3.8) is 0 Å². The molecule has 1 spiro atoms. The molecule has 3 aromatic rings. The minimum Gasteiger partial charge on any atom is -0.446 e. The van der Waals surface area contributed by atoms with Gasteiger partial charge in [0.1, 0.15) is 0 Å². The fraction of sp³-hybridized carbons (Fsp3) is 0.533. The minimum atomic E-state index is -5.14. The Bertz CT molecular complexity index is 1620. The molecule has 0 saturated heterocycles. The number of nitrogens with zero attached hydrogens (tertiary/aromatic N) is 6. The summed E-state index contributed by atoms with van der Waals surface area (Å²) >= 11 is 0. The van der Waals surface area contributed by atoms with Crippen molar-refractivity contribution in [2.24, 2.45) is 11.7 Å². The zero-order chi connectivity index (χ0) is 35.4. The second kappa shape index (κ2) is 12.4. The van der Waals surface area contributed by atoms with Gasteiger partial charge in [-0.25, -0.2) is 4.79 Å². The molecule has 1 aliphatic carbocycles.